The van der Waals surface area contributed by atoms with Crippen LogP contribution in [0.2, 0.25) is 0 Å². The molecule has 0 fully saturated rings. The van der Waals surface area contributed by atoms with Crippen LogP contribution in [0.1, 0.15) is 20.3 Å². The summed E-state index contributed by atoms with van der Waals surface area (Å²) in [5.41, 5.74) is 0.646. The Balaban J connectivity index is 2.78. The van der Waals surface area contributed by atoms with Crippen LogP contribution in [-0.2, 0) is 9.53 Å². The first-order valence-corrected chi connectivity index (χ1v) is 4.03. The van der Waals surface area contributed by atoms with Crippen LogP contribution in [0, 0.1) is 5.41 Å². The Labute approximate surface area is 72.9 Å². The van der Waals surface area contributed by atoms with E-state index in [4.69, 9.17) is 4.74 Å². The Morgan fingerprint density at radius 1 is 1.58 bits per heavy atom. The number of hydrogen-bond donors (Lipinski definition) is 0. The van der Waals surface area contributed by atoms with Crippen molar-refractivity contribution >= 4 is 5.97 Å². The van der Waals surface area contributed by atoms with Gasteiger partial charge < -0.3 is 4.74 Å². The molecular weight excluding hydrogens is 152 g/mol. The lowest BCUT2D eigenvalue weighted by Gasteiger charge is -2.22. The molecule has 0 saturated carbocycles. The van der Waals surface area contributed by atoms with E-state index in [0.29, 0.717) is 0 Å². The van der Waals surface area contributed by atoms with E-state index in [9.17, 15) is 4.79 Å². The minimum absolute atomic E-state index is 0.169. The van der Waals surface area contributed by atoms with Gasteiger partial charge in [0.15, 0.2) is 0 Å². The molecule has 0 aromatic carbocycles. The standard InChI is InChI=1S/C10H14O2/c1-10(2,9(11)12-3)8-6-4-5-7-8/h4-6H,7H2,1-3H3. The molecule has 0 saturated heterocycles. The second-order valence-electron chi connectivity index (χ2n) is 3.44. The summed E-state index contributed by atoms with van der Waals surface area (Å²) in [5.74, 6) is -0.169. The smallest absolute Gasteiger partial charge is 0.315 e. The number of carbonyl (C=O) groups is 1. The average molecular weight is 166 g/mol. The van der Waals surface area contributed by atoms with Gasteiger partial charge in [-0.1, -0.05) is 18.2 Å². The molecule has 0 amide bonds. The van der Waals surface area contributed by atoms with Gasteiger partial charge in [-0.2, -0.15) is 0 Å². The molecule has 0 spiro atoms. The van der Waals surface area contributed by atoms with Gasteiger partial charge in [0.25, 0.3) is 0 Å². The summed E-state index contributed by atoms with van der Waals surface area (Å²) in [6.07, 6.45) is 6.86. The van der Waals surface area contributed by atoms with Crippen molar-refractivity contribution < 1.29 is 9.53 Å². The zero-order valence-electron chi connectivity index (χ0n) is 7.76. The lowest BCUT2D eigenvalue weighted by Crippen LogP contribution is -2.27. The highest BCUT2D eigenvalue weighted by molar-refractivity contribution is 5.80. The van der Waals surface area contributed by atoms with Crippen LogP contribution in [0.15, 0.2) is 23.8 Å². The Morgan fingerprint density at radius 3 is 2.67 bits per heavy atom. The average Bonchev–Trinajstić information content (AvgIpc) is 2.55. The van der Waals surface area contributed by atoms with Crippen LogP contribution < -0.4 is 0 Å². The largest absolute Gasteiger partial charge is 0.468 e. The number of hydrogen-bond acceptors (Lipinski definition) is 2. The number of methoxy groups -OCH3 is 1. The van der Waals surface area contributed by atoms with E-state index in [2.05, 4.69) is 0 Å². The second-order valence-corrected chi connectivity index (χ2v) is 3.44. The van der Waals surface area contributed by atoms with Gasteiger partial charge in [0.05, 0.1) is 12.5 Å². The molecule has 0 atom stereocenters. The summed E-state index contributed by atoms with van der Waals surface area (Å²) in [5, 5.41) is 0. The summed E-state index contributed by atoms with van der Waals surface area (Å²) < 4.78 is 4.72. The molecule has 1 aliphatic rings. The Kier molecular flexibility index (Phi) is 2.36. The summed E-state index contributed by atoms with van der Waals surface area (Å²) in [6, 6.07) is 0. The lowest BCUT2D eigenvalue weighted by molar-refractivity contribution is -0.148. The molecule has 2 nitrogen and oxygen atoms in total. The van der Waals surface area contributed by atoms with Gasteiger partial charge >= 0.3 is 5.97 Å². The van der Waals surface area contributed by atoms with Gasteiger partial charge in [-0.25, -0.2) is 0 Å². The number of rotatable bonds is 2. The highest BCUT2D eigenvalue weighted by Crippen LogP contribution is 2.32. The molecular formula is C10H14O2. The van der Waals surface area contributed by atoms with E-state index in [-0.39, 0.29) is 5.97 Å². The molecule has 0 unspecified atom stereocenters. The second kappa shape index (κ2) is 3.13. The first-order chi connectivity index (χ1) is 5.59. The molecule has 1 rings (SSSR count). The molecule has 2 heteroatoms. The molecule has 0 aromatic rings. The predicted octanol–water partition coefficient (Wildman–Crippen LogP) is 2.07. The highest BCUT2D eigenvalue weighted by Gasteiger charge is 2.32. The van der Waals surface area contributed by atoms with Gasteiger partial charge in [0, 0.05) is 0 Å². The summed E-state index contributed by atoms with van der Waals surface area (Å²) >= 11 is 0. The van der Waals surface area contributed by atoms with Gasteiger partial charge in [0.1, 0.15) is 0 Å². The monoisotopic (exact) mass is 166 g/mol. The fourth-order valence-electron chi connectivity index (χ4n) is 1.30. The van der Waals surface area contributed by atoms with E-state index < -0.39 is 5.41 Å². The summed E-state index contributed by atoms with van der Waals surface area (Å²) in [6.45, 7) is 3.77. The van der Waals surface area contributed by atoms with Crippen molar-refractivity contribution in [2.75, 3.05) is 7.11 Å². The number of esters is 1. The Morgan fingerprint density at radius 2 is 2.25 bits per heavy atom. The third-order valence-corrected chi connectivity index (χ3v) is 2.27. The normalized spacial score (nSPS) is 16.1. The number of carbonyl (C=O) groups excluding carboxylic acids is 1. The fraction of sp³-hybridized carbons (Fsp3) is 0.500. The topological polar surface area (TPSA) is 26.3 Å². The highest BCUT2D eigenvalue weighted by atomic mass is 16.5. The van der Waals surface area contributed by atoms with Gasteiger partial charge in [-0.15, -0.1) is 0 Å². The first kappa shape index (κ1) is 9.04. The van der Waals surface area contributed by atoms with E-state index in [1.54, 1.807) is 0 Å². The lowest BCUT2D eigenvalue weighted by atomic mass is 9.83. The quantitative estimate of drug-likeness (QED) is 0.587. The Hall–Kier alpha value is -1.05. The summed E-state index contributed by atoms with van der Waals surface area (Å²) in [4.78, 5) is 11.3. The maximum Gasteiger partial charge on any atom is 0.315 e. The van der Waals surface area contributed by atoms with Crippen molar-refractivity contribution in [3.63, 3.8) is 0 Å². The van der Waals surface area contributed by atoms with Crippen molar-refractivity contribution in [2.45, 2.75) is 20.3 Å². The predicted molar refractivity (Wildman–Crippen MR) is 47.6 cm³/mol. The molecule has 66 valence electrons. The van der Waals surface area contributed by atoms with Crippen LogP contribution in [0.5, 0.6) is 0 Å². The van der Waals surface area contributed by atoms with Crippen molar-refractivity contribution in [1.82, 2.24) is 0 Å². The molecule has 0 heterocycles. The minimum Gasteiger partial charge on any atom is -0.468 e. The van der Waals surface area contributed by atoms with Crippen molar-refractivity contribution in [2.24, 2.45) is 5.41 Å². The maximum absolute atomic E-state index is 11.3. The third kappa shape index (κ3) is 1.42. The maximum atomic E-state index is 11.3. The van der Waals surface area contributed by atoms with Crippen molar-refractivity contribution in [3.8, 4) is 0 Å². The Bertz CT molecular complexity index is 247. The van der Waals surface area contributed by atoms with E-state index in [0.717, 1.165) is 12.0 Å². The van der Waals surface area contributed by atoms with Crippen LogP contribution in [0.3, 0.4) is 0 Å². The van der Waals surface area contributed by atoms with E-state index in [1.807, 2.05) is 32.1 Å². The van der Waals surface area contributed by atoms with Gasteiger partial charge in [-0.05, 0) is 25.8 Å². The van der Waals surface area contributed by atoms with E-state index in [1.165, 1.54) is 7.11 Å². The van der Waals surface area contributed by atoms with Crippen molar-refractivity contribution in [1.29, 1.82) is 0 Å². The van der Waals surface area contributed by atoms with E-state index >= 15 is 0 Å². The SMILES string of the molecule is COC(=O)C(C)(C)C1=CC=CC1. The fourth-order valence-corrected chi connectivity index (χ4v) is 1.30. The number of ether oxygens (including phenoxy) is 1. The van der Waals surface area contributed by atoms with Gasteiger partial charge in [0.2, 0.25) is 0 Å². The zero-order chi connectivity index (χ0) is 9.19. The molecule has 0 radical (unpaired) electrons. The van der Waals surface area contributed by atoms with Crippen molar-refractivity contribution in [3.05, 3.63) is 23.8 Å². The number of allylic oxidation sites excluding steroid dienone is 3. The molecule has 1 aliphatic carbocycles. The molecule has 0 aromatic heterocycles. The molecule has 0 bridgehead atoms. The molecule has 12 heavy (non-hydrogen) atoms. The van der Waals surface area contributed by atoms with Crippen LogP contribution in [0.4, 0.5) is 0 Å². The molecule has 0 aliphatic heterocycles. The zero-order valence-corrected chi connectivity index (χ0v) is 7.76. The molecule has 0 N–H and O–H groups in total. The van der Waals surface area contributed by atoms with Crippen LogP contribution >= 0.6 is 0 Å². The van der Waals surface area contributed by atoms with Gasteiger partial charge in [-0.3, -0.25) is 4.79 Å². The van der Waals surface area contributed by atoms with Crippen LogP contribution in [0.25, 0.3) is 0 Å². The van der Waals surface area contributed by atoms with Crippen LogP contribution in [-0.4, -0.2) is 13.1 Å². The summed E-state index contributed by atoms with van der Waals surface area (Å²) in [7, 11) is 1.42. The minimum atomic E-state index is -0.474. The third-order valence-electron chi connectivity index (χ3n) is 2.27. The first-order valence-electron chi connectivity index (χ1n) is 4.03.